The molecular weight excluding hydrogens is 336 g/mol. The van der Waals surface area contributed by atoms with Gasteiger partial charge in [-0.15, -0.1) is 10.2 Å². The molecule has 5 N–H and O–H groups in total. The third-order valence-electron chi connectivity index (χ3n) is 3.62. The Morgan fingerprint density at radius 2 is 1.85 bits per heavy atom. The molecular formula is C17H16N6O3. The molecule has 1 aromatic heterocycles. The highest BCUT2D eigenvalue weighted by atomic mass is 16.5. The molecule has 0 atom stereocenters. The summed E-state index contributed by atoms with van der Waals surface area (Å²) < 4.78 is 5.10. The van der Waals surface area contributed by atoms with Gasteiger partial charge in [0.1, 0.15) is 5.75 Å². The number of amides is 2. The number of carbonyl (C=O) groups is 1. The van der Waals surface area contributed by atoms with Crippen LogP contribution < -0.4 is 26.9 Å². The summed E-state index contributed by atoms with van der Waals surface area (Å²) in [5.41, 5.74) is 3.29. The zero-order valence-electron chi connectivity index (χ0n) is 13.8. The number of ether oxygens (including phenoxy) is 1. The average molecular weight is 352 g/mol. The molecule has 0 unspecified atom stereocenters. The lowest BCUT2D eigenvalue weighted by atomic mass is 10.1. The van der Waals surface area contributed by atoms with Crippen LogP contribution >= 0.6 is 0 Å². The summed E-state index contributed by atoms with van der Waals surface area (Å²) in [4.78, 5) is 26.6. The third-order valence-corrected chi connectivity index (χ3v) is 3.62. The van der Waals surface area contributed by atoms with Crippen molar-refractivity contribution in [3.63, 3.8) is 0 Å². The molecule has 0 saturated carbocycles. The molecule has 0 saturated heterocycles. The largest absolute Gasteiger partial charge is 0.497 e. The van der Waals surface area contributed by atoms with Crippen molar-refractivity contribution in [2.75, 3.05) is 12.4 Å². The van der Waals surface area contributed by atoms with E-state index >= 15 is 0 Å². The lowest BCUT2D eigenvalue weighted by Crippen LogP contribution is -2.34. The van der Waals surface area contributed by atoms with Crippen molar-refractivity contribution < 1.29 is 9.53 Å². The highest BCUT2D eigenvalue weighted by Crippen LogP contribution is 2.24. The van der Waals surface area contributed by atoms with E-state index < -0.39 is 11.6 Å². The molecule has 9 heteroatoms. The number of urea groups is 1. The predicted octanol–water partition coefficient (Wildman–Crippen LogP) is 1.50. The third kappa shape index (κ3) is 3.52. The number of methoxy groups -OCH3 is 1. The molecule has 1 heterocycles. The van der Waals surface area contributed by atoms with Gasteiger partial charge in [0.05, 0.1) is 12.8 Å². The van der Waals surface area contributed by atoms with Crippen molar-refractivity contribution in [3.8, 4) is 28.4 Å². The first kappa shape index (κ1) is 17.1. The molecule has 0 spiro atoms. The summed E-state index contributed by atoms with van der Waals surface area (Å²) in [5.74, 6) is 5.98. The van der Waals surface area contributed by atoms with Gasteiger partial charge in [0, 0.05) is 11.1 Å². The Kier molecular flexibility index (Phi) is 4.90. The summed E-state index contributed by atoms with van der Waals surface area (Å²) >= 11 is 0. The molecule has 0 aliphatic carbocycles. The second-order valence-corrected chi connectivity index (χ2v) is 5.22. The Bertz CT molecular complexity index is 984. The molecule has 2 aromatic carbocycles. The van der Waals surface area contributed by atoms with Crippen LogP contribution in [-0.2, 0) is 0 Å². The summed E-state index contributed by atoms with van der Waals surface area (Å²) in [6, 6.07) is 13.1. The van der Waals surface area contributed by atoms with Crippen LogP contribution in [-0.4, -0.2) is 28.3 Å². The van der Waals surface area contributed by atoms with E-state index in [4.69, 9.17) is 10.6 Å². The molecule has 2 amide bonds. The minimum absolute atomic E-state index is 0.182. The maximum Gasteiger partial charge on any atom is 0.333 e. The number of hydrogen-bond donors (Lipinski definition) is 4. The second kappa shape index (κ2) is 7.45. The van der Waals surface area contributed by atoms with Gasteiger partial charge in [-0.3, -0.25) is 10.2 Å². The Morgan fingerprint density at radius 3 is 2.50 bits per heavy atom. The van der Waals surface area contributed by atoms with E-state index in [0.29, 0.717) is 22.6 Å². The van der Waals surface area contributed by atoms with Gasteiger partial charge in [-0.25, -0.2) is 10.6 Å². The topological polar surface area (TPSA) is 135 Å². The van der Waals surface area contributed by atoms with Crippen LogP contribution in [0.15, 0.2) is 53.3 Å². The standard InChI is InChI=1S/C17H16N6O3/c1-26-11-8-6-10(7-9-11)14-16(24)20-15(23-22-14)12-4-2-3-5-13(12)19-17(25)21-18/h2-9H,18H2,1H3,(H2,19,21,25)(H,20,23,24). The van der Waals surface area contributed by atoms with Gasteiger partial charge in [-0.2, -0.15) is 0 Å². The quantitative estimate of drug-likeness (QED) is 0.319. The maximum absolute atomic E-state index is 12.4. The number of hydrazine groups is 1. The number of nitrogens with two attached hydrogens (primary N) is 1. The number of nitrogens with zero attached hydrogens (tertiary/aromatic N) is 2. The first-order valence-electron chi connectivity index (χ1n) is 7.61. The molecule has 3 aromatic rings. The van der Waals surface area contributed by atoms with E-state index in [1.807, 2.05) is 5.43 Å². The van der Waals surface area contributed by atoms with Gasteiger partial charge in [0.2, 0.25) is 0 Å². The molecule has 0 aliphatic rings. The van der Waals surface area contributed by atoms with Crippen LogP contribution in [0.1, 0.15) is 0 Å². The highest BCUT2D eigenvalue weighted by Gasteiger charge is 2.13. The van der Waals surface area contributed by atoms with Gasteiger partial charge < -0.3 is 15.0 Å². The second-order valence-electron chi connectivity index (χ2n) is 5.22. The monoisotopic (exact) mass is 352 g/mol. The number of H-pyrrole nitrogens is 1. The summed E-state index contributed by atoms with van der Waals surface area (Å²) in [6.45, 7) is 0. The first-order valence-corrected chi connectivity index (χ1v) is 7.61. The predicted molar refractivity (Wildman–Crippen MR) is 96.4 cm³/mol. The van der Waals surface area contributed by atoms with Gasteiger partial charge in [-0.1, -0.05) is 12.1 Å². The Balaban J connectivity index is 1.98. The van der Waals surface area contributed by atoms with Crippen molar-refractivity contribution in [2.24, 2.45) is 5.84 Å². The number of carbonyl (C=O) groups excluding carboxylic acids is 1. The number of aromatic amines is 1. The molecule has 9 nitrogen and oxygen atoms in total. The number of benzene rings is 2. The van der Waals surface area contributed by atoms with E-state index in [2.05, 4.69) is 20.5 Å². The van der Waals surface area contributed by atoms with Crippen LogP contribution in [0.25, 0.3) is 22.6 Å². The number of anilines is 1. The molecule has 26 heavy (non-hydrogen) atoms. The molecule has 132 valence electrons. The molecule has 3 rings (SSSR count). The molecule has 0 radical (unpaired) electrons. The lowest BCUT2D eigenvalue weighted by molar-refractivity contribution is 0.252. The van der Waals surface area contributed by atoms with E-state index in [9.17, 15) is 9.59 Å². The molecule has 0 bridgehead atoms. The van der Waals surface area contributed by atoms with Crippen molar-refractivity contribution in [2.45, 2.75) is 0 Å². The minimum Gasteiger partial charge on any atom is -0.497 e. The number of para-hydroxylation sites is 1. The fourth-order valence-corrected chi connectivity index (χ4v) is 2.35. The van der Waals surface area contributed by atoms with E-state index in [1.54, 1.807) is 55.6 Å². The highest BCUT2D eigenvalue weighted by molar-refractivity contribution is 5.93. The number of hydrogen-bond acceptors (Lipinski definition) is 6. The summed E-state index contributed by atoms with van der Waals surface area (Å²) in [7, 11) is 1.56. The maximum atomic E-state index is 12.4. The van der Waals surface area contributed by atoms with Gasteiger partial charge >= 0.3 is 6.03 Å². The zero-order valence-corrected chi connectivity index (χ0v) is 13.8. The Labute approximate surface area is 148 Å². The molecule has 0 aliphatic heterocycles. The normalized spacial score (nSPS) is 10.2. The summed E-state index contributed by atoms with van der Waals surface area (Å²) in [5, 5.41) is 10.7. The van der Waals surface area contributed by atoms with Gasteiger partial charge in [0.15, 0.2) is 11.5 Å². The van der Waals surface area contributed by atoms with Crippen LogP contribution in [0.4, 0.5) is 10.5 Å². The SMILES string of the molecule is COc1ccc(-c2nnc(-c3ccccc3NC(=O)NN)[nH]c2=O)cc1. The number of aromatic nitrogens is 3. The first-order chi connectivity index (χ1) is 12.6. The summed E-state index contributed by atoms with van der Waals surface area (Å²) in [6.07, 6.45) is 0. The van der Waals surface area contributed by atoms with Gasteiger partial charge in [-0.05, 0) is 36.4 Å². The zero-order chi connectivity index (χ0) is 18.5. The smallest absolute Gasteiger partial charge is 0.333 e. The Morgan fingerprint density at radius 1 is 1.12 bits per heavy atom. The van der Waals surface area contributed by atoms with Crippen LogP contribution in [0, 0.1) is 0 Å². The Hall–Kier alpha value is -3.72. The van der Waals surface area contributed by atoms with Crippen molar-refractivity contribution in [1.82, 2.24) is 20.6 Å². The fraction of sp³-hybridized carbons (Fsp3) is 0.0588. The lowest BCUT2D eigenvalue weighted by Gasteiger charge is -2.10. The van der Waals surface area contributed by atoms with Crippen LogP contribution in [0.2, 0.25) is 0 Å². The fourth-order valence-electron chi connectivity index (χ4n) is 2.35. The van der Waals surface area contributed by atoms with Crippen molar-refractivity contribution in [1.29, 1.82) is 0 Å². The van der Waals surface area contributed by atoms with Crippen molar-refractivity contribution in [3.05, 3.63) is 58.9 Å². The van der Waals surface area contributed by atoms with E-state index in [0.717, 1.165) is 0 Å². The molecule has 0 fully saturated rings. The minimum atomic E-state index is -0.595. The van der Waals surface area contributed by atoms with E-state index in [-0.39, 0.29) is 11.5 Å². The van der Waals surface area contributed by atoms with Crippen LogP contribution in [0.3, 0.4) is 0 Å². The van der Waals surface area contributed by atoms with E-state index in [1.165, 1.54) is 0 Å². The number of rotatable bonds is 4. The van der Waals surface area contributed by atoms with Gasteiger partial charge in [0.25, 0.3) is 5.56 Å². The van der Waals surface area contributed by atoms with Crippen molar-refractivity contribution >= 4 is 11.7 Å². The average Bonchev–Trinajstić information content (AvgIpc) is 2.68. The number of nitrogens with one attached hydrogen (secondary N) is 3. The van der Waals surface area contributed by atoms with Crippen LogP contribution in [0.5, 0.6) is 5.75 Å².